The second kappa shape index (κ2) is 13.8. The number of ether oxygens (including phenoxy) is 4. The van der Waals surface area contributed by atoms with E-state index in [-0.39, 0.29) is 19.8 Å². The molecule has 0 aromatic carbocycles. The number of carboxylic acids is 1. The van der Waals surface area contributed by atoms with Gasteiger partial charge in [-0.3, -0.25) is 0 Å². The van der Waals surface area contributed by atoms with Gasteiger partial charge in [0.05, 0.1) is 13.2 Å². The molecule has 0 atom stereocenters. The maximum Gasteiger partial charge on any atom is 0.417 e. The van der Waals surface area contributed by atoms with Crippen LogP contribution in [0.1, 0.15) is 39.5 Å². The third kappa shape index (κ3) is 12.3. The Hall–Kier alpha value is -1.18. The van der Waals surface area contributed by atoms with Crippen molar-refractivity contribution in [2.24, 2.45) is 0 Å². The van der Waals surface area contributed by atoms with Crippen LogP contribution >= 0.6 is 0 Å². The van der Waals surface area contributed by atoms with Gasteiger partial charge in [0.15, 0.2) is 6.29 Å². The average molecular weight is 306 g/mol. The van der Waals surface area contributed by atoms with Crippen LogP contribution < -0.4 is 0 Å². The first-order chi connectivity index (χ1) is 10.1. The normalized spacial score (nSPS) is 10.8. The molecule has 7 heteroatoms. The average Bonchev–Trinajstić information content (AvgIpc) is 2.46. The van der Waals surface area contributed by atoms with Crippen LogP contribution in [0.2, 0.25) is 0 Å². The van der Waals surface area contributed by atoms with E-state index in [2.05, 4.69) is 18.6 Å². The van der Waals surface area contributed by atoms with Crippen LogP contribution in [-0.2, 0) is 28.5 Å². The van der Waals surface area contributed by atoms with Crippen LogP contribution in [-0.4, -0.2) is 56.4 Å². The molecule has 0 saturated heterocycles. The molecule has 0 bridgehead atoms. The molecule has 0 aromatic heterocycles. The lowest BCUT2D eigenvalue weighted by Crippen LogP contribution is -2.26. The summed E-state index contributed by atoms with van der Waals surface area (Å²) in [6, 6.07) is 0. The zero-order valence-corrected chi connectivity index (χ0v) is 12.8. The van der Waals surface area contributed by atoms with E-state index in [9.17, 15) is 9.59 Å². The van der Waals surface area contributed by atoms with Crippen molar-refractivity contribution in [3.63, 3.8) is 0 Å². The van der Waals surface area contributed by atoms with Gasteiger partial charge in [-0.15, -0.1) is 0 Å². The monoisotopic (exact) mass is 306 g/mol. The summed E-state index contributed by atoms with van der Waals surface area (Å²) in [5.41, 5.74) is 0. The highest BCUT2D eigenvalue weighted by Gasteiger charge is 2.13. The van der Waals surface area contributed by atoms with Crippen molar-refractivity contribution in [2.75, 3.05) is 33.0 Å². The molecule has 0 radical (unpaired) electrons. The predicted molar refractivity (Wildman–Crippen MR) is 74.9 cm³/mol. The van der Waals surface area contributed by atoms with Crippen molar-refractivity contribution in [3.8, 4) is 0 Å². The summed E-state index contributed by atoms with van der Waals surface area (Å²) in [6.45, 7) is 5.56. The van der Waals surface area contributed by atoms with Crippen LogP contribution in [0.3, 0.4) is 0 Å². The van der Waals surface area contributed by atoms with Gasteiger partial charge in [-0.2, -0.15) is 0 Å². The third-order valence-corrected chi connectivity index (χ3v) is 2.49. The van der Waals surface area contributed by atoms with Gasteiger partial charge in [0, 0.05) is 13.2 Å². The van der Waals surface area contributed by atoms with Crippen LogP contribution in [0.25, 0.3) is 0 Å². The molecule has 1 N–H and O–H groups in total. The van der Waals surface area contributed by atoms with E-state index in [0.29, 0.717) is 13.2 Å². The zero-order valence-electron chi connectivity index (χ0n) is 12.8. The van der Waals surface area contributed by atoms with Gasteiger partial charge in [0.25, 0.3) is 0 Å². The molecule has 0 heterocycles. The largest absolute Gasteiger partial charge is 0.473 e. The number of unbranched alkanes of at least 4 members (excludes halogenated alkanes) is 2. The highest BCUT2D eigenvalue weighted by atomic mass is 16.7. The number of carbonyl (C=O) groups excluding carboxylic acids is 1. The van der Waals surface area contributed by atoms with Gasteiger partial charge in [-0.25, -0.2) is 9.59 Å². The minimum absolute atomic E-state index is 0.101. The fourth-order valence-corrected chi connectivity index (χ4v) is 1.30. The maximum atomic E-state index is 10.7. The number of rotatable bonds is 13. The first-order valence-electron chi connectivity index (χ1n) is 7.32. The molecule has 7 nitrogen and oxygen atoms in total. The molecule has 0 saturated carbocycles. The van der Waals surface area contributed by atoms with Gasteiger partial charge in [-0.1, -0.05) is 26.7 Å². The Balaban J connectivity index is 3.77. The van der Waals surface area contributed by atoms with Gasteiger partial charge >= 0.3 is 11.9 Å². The van der Waals surface area contributed by atoms with Crippen molar-refractivity contribution in [1.82, 2.24) is 0 Å². The SMILES string of the molecule is CCCCOC(COCCOC(=O)C(=O)O)OCCCC. The van der Waals surface area contributed by atoms with E-state index in [1.807, 2.05) is 0 Å². The van der Waals surface area contributed by atoms with Crippen molar-refractivity contribution in [2.45, 2.75) is 45.8 Å². The van der Waals surface area contributed by atoms with Crippen molar-refractivity contribution >= 4 is 11.9 Å². The van der Waals surface area contributed by atoms with Crippen molar-refractivity contribution < 1.29 is 33.6 Å². The Morgan fingerprint density at radius 3 is 2.00 bits per heavy atom. The fourth-order valence-electron chi connectivity index (χ4n) is 1.30. The molecule has 124 valence electrons. The van der Waals surface area contributed by atoms with Crippen LogP contribution in [0.4, 0.5) is 0 Å². The number of aliphatic carboxylic acids is 1. The van der Waals surface area contributed by atoms with Gasteiger partial charge < -0.3 is 24.1 Å². The summed E-state index contributed by atoms with van der Waals surface area (Å²) >= 11 is 0. The maximum absolute atomic E-state index is 10.7. The highest BCUT2D eigenvalue weighted by Crippen LogP contribution is 2.01. The molecule has 0 rings (SSSR count). The van der Waals surface area contributed by atoms with Crippen LogP contribution in [0, 0.1) is 0 Å². The van der Waals surface area contributed by atoms with Gasteiger partial charge in [0.2, 0.25) is 0 Å². The van der Waals surface area contributed by atoms with Crippen LogP contribution in [0.5, 0.6) is 0 Å². The Morgan fingerprint density at radius 1 is 0.952 bits per heavy atom. The highest BCUT2D eigenvalue weighted by molar-refractivity contribution is 6.28. The number of carbonyl (C=O) groups is 2. The molecule has 0 unspecified atom stereocenters. The zero-order chi connectivity index (χ0) is 15.9. The number of hydrogen-bond acceptors (Lipinski definition) is 6. The minimum Gasteiger partial charge on any atom is -0.473 e. The van der Waals surface area contributed by atoms with Crippen molar-refractivity contribution in [3.05, 3.63) is 0 Å². The van der Waals surface area contributed by atoms with Crippen LogP contribution in [0.15, 0.2) is 0 Å². The second-order valence-electron chi connectivity index (χ2n) is 4.39. The Labute approximate surface area is 125 Å². The van der Waals surface area contributed by atoms with Gasteiger partial charge in [0.1, 0.15) is 6.61 Å². The quantitative estimate of drug-likeness (QED) is 0.239. The molecular weight excluding hydrogens is 280 g/mol. The minimum atomic E-state index is -1.61. The molecule has 0 amide bonds. The van der Waals surface area contributed by atoms with E-state index in [0.717, 1.165) is 25.7 Å². The second-order valence-corrected chi connectivity index (χ2v) is 4.39. The molecular formula is C14H26O7. The van der Waals surface area contributed by atoms with Crippen molar-refractivity contribution in [1.29, 1.82) is 0 Å². The molecule has 0 spiro atoms. The Bertz CT molecular complexity index is 270. The van der Waals surface area contributed by atoms with E-state index in [1.54, 1.807) is 0 Å². The lowest BCUT2D eigenvalue weighted by atomic mass is 10.3. The summed E-state index contributed by atoms with van der Waals surface area (Å²) < 4.78 is 20.8. The summed E-state index contributed by atoms with van der Waals surface area (Å²) in [7, 11) is 0. The Kier molecular flexibility index (Phi) is 13.0. The predicted octanol–water partition coefficient (Wildman–Crippen LogP) is 1.59. The molecule has 0 aromatic rings. The van der Waals surface area contributed by atoms with E-state index >= 15 is 0 Å². The van der Waals surface area contributed by atoms with E-state index < -0.39 is 18.2 Å². The summed E-state index contributed by atoms with van der Waals surface area (Å²) in [4.78, 5) is 20.9. The lowest BCUT2D eigenvalue weighted by Gasteiger charge is -2.18. The number of esters is 1. The van der Waals surface area contributed by atoms with E-state index in [1.165, 1.54) is 0 Å². The molecule has 0 aliphatic heterocycles. The third-order valence-electron chi connectivity index (χ3n) is 2.49. The molecule has 21 heavy (non-hydrogen) atoms. The summed E-state index contributed by atoms with van der Waals surface area (Å²) in [5, 5.41) is 8.31. The molecule has 0 aliphatic carbocycles. The first-order valence-corrected chi connectivity index (χ1v) is 7.32. The topological polar surface area (TPSA) is 91.3 Å². The molecule has 0 fully saturated rings. The summed E-state index contributed by atoms with van der Waals surface area (Å²) in [6.07, 6.45) is 3.52. The smallest absolute Gasteiger partial charge is 0.417 e. The van der Waals surface area contributed by atoms with E-state index in [4.69, 9.17) is 19.3 Å². The fraction of sp³-hybridized carbons (Fsp3) is 0.857. The lowest BCUT2D eigenvalue weighted by molar-refractivity contribution is -0.178. The number of carboxylic acid groups (broad SMARTS) is 1. The standard InChI is InChI=1S/C14H26O7/c1-3-5-7-19-12(20-8-6-4-2)11-18-9-10-21-14(17)13(15)16/h12H,3-11H2,1-2H3,(H,15,16). The Morgan fingerprint density at radius 2 is 1.52 bits per heavy atom. The molecule has 0 aliphatic rings. The number of hydrogen-bond donors (Lipinski definition) is 1. The summed E-state index contributed by atoms with van der Waals surface area (Å²) in [5.74, 6) is -2.90. The van der Waals surface area contributed by atoms with Gasteiger partial charge in [-0.05, 0) is 12.8 Å². The first kappa shape index (κ1) is 19.8.